The molecule has 0 amide bonds. The molecule has 1 rings (SSSR count). The van der Waals surface area contributed by atoms with Gasteiger partial charge in [0.15, 0.2) is 9.84 Å². The van der Waals surface area contributed by atoms with Gasteiger partial charge in [0, 0.05) is 6.07 Å². The minimum absolute atomic E-state index is 0.114. The molecule has 0 bridgehead atoms. The third-order valence-corrected chi connectivity index (χ3v) is 3.93. The number of rotatable bonds is 4. The number of nitrogens with two attached hydrogens (primary N) is 1. The van der Waals surface area contributed by atoms with Crippen LogP contribution >= 0.6 is 0 Å². The summed E-state index contributed by atoms with van der Waals surface area (Å²) in [6.07, 6.45) is -5.90. The van der Waals surface area contributed by atoms with Gasteiger partial charge in [-0.1, -0.05) is 0 Å². The van der Waals surface area contributed by atoms with Crippen molar-refractivity contribution in [3.05, 3.63) is 18.2 Å². The number of benzene rings is 1. The lowest BCUT2D eigenvalue weighted by molar-refractivity contribution is -0.129. The molecule has 1 aromatic carbocycles. The number of sulfone groups is 1. The predicted molar refractivity (Wildman–Crippen MR) is 60.1 cm³/mol. The summed E-state index contributed by atoms with van der Waals surface area (Å²) < 4.78 is 64.1. The zero-order valence-corrected chi connectivity index (χ0v) is 10.3. The van der Waals surface area contributed by atoms with Gasteiger partial charge in [-0.15, -0.1) is 0 Å². The Morgan fingerprint density at radius 2 is 1.94 bits per heavy atom. The third-order valence-electron chi connectivity index (χ3n) is 2.22. The predicted octanol–water partition coefficient (Wildman–Crippen LogP) is 2.00. The first-order valence-corrected chi connectivity index (χ1v) is 6.54. The van der Waals surface area contributed by atoms with Crippen molar-refractivity contribution < 1.29 is 26.3 Å². The van der Waals surface area contributed by atoms with Gasteiger partial charge in [0.25, 0.3) is 0 Å². The summed E-state index contributed by atoms with van der Waals surface area (Å²) in [4.78, 5) is -0.238. The minimum Gasteiger partial charge on any atom is -0.495 e. The van der Waals surface area contributed by atoms with Crippen LogP contribution in [0.3, 0.4) is 0 Å². The van der Waals surface area contributed by atoms with Gasteiger partial charge in [-0.2, -0.15) is 13.2 Å². The number of hydrogen-bond acceptors (Lipinski definition) is 4. The molecule has 0 saturated heterocycles. The molecule has 0 aliphatic rings. The molecule has 0 saturated carbocycles. The quantitative estimate of drug-likeness (QED) is 0.858. The maximum absolute atomic E-state index is 12.0. The first kappa shape index (κ1) is 14.6. The van der Waals surface area contributed by atoms with Crippen LogP contribution in [-0.4, -0.2) is 27.5 Å². The van der Waals surface area contributed by atoms with E-state index in [9.17, 15) is 21.6 Å². The van der Waals surface area contributed by atoms with Gasteiger partial charge < -0.3 is 10.5 Å². The van der Waals surface area contributed by atoms with Crippen LogP contribution in [-0.2, 0) is 9.84 Å². The normalized spacial score (nSPS) is 12.4. The van der Waals surface area contributed by atoms with Gasteiger partial charge >= 0.3 is 6.18 Å². The van der Waals surface area contributed by atoms with Gasteiger partial charge in [0.2, 0.25) is 0 Å². The van der Waals surface area contributed by atoms with Crippen molar-refractivity contribution in [2.75, 3.05) is 18.6 Å². The molecule has 0 fully saturated rings. The van der Waals surface area contributed by atoms with Crippen molar-refractivity contribution in [1.29, 1.82) is 0 Å². The topological polar surface area (TPSA) is 69.4 Å². The molecule has 1 aromatic rings. The zero-order valence-electron chi connectivity index (χ0n) is 9.49. The largest absolute Gasteiger partial charge is 0.495 e. The van der Waals surface area contributed by atoms with Crippen molar-refractivity contribution in [2.45, 2.75) is 17.5 Å². The highest BCUT2D eigenvalue weighted by Gasteiger charge is 2.30. The fourth-order valence-corrected chi connectivity index (χ4v) is 2.55. The number of halogens is 3. The molecule has 0 aliphatic carbocycles. The summed E-state index contributed by atoms with van der Waals surface area (Å²) in [5.74, 6) is -0.882. The van der Waals surface area contributed by atoms with E-state index in [0.717, 1.165) is 12.1 Å². The Labute approximate surface area is 102 Å². The zero-order chi connectivity index (χ0) is 14.0. The fraction of sp³-hybridized carbons (Fsp3) is 0.400. The highest BCUT2D eigenvalue weighted by molar-refractivity contribution is 7.91. The Morgan fingerprint density at radius 1 is 1.33 bits per heavy atom. The molecule has 0 heterocycles. The molecule has 0 spiro atoms. The first-order valence-electron chi connectivity index (χ1n) is 4.89. The third kappa shape index (κ3) is 3.80. The van der Waals surface area contributed by atoms with Crippen molar-refractivity contribution >= 4 is 15.5 Å². The Kier molecular flexibility index (Phi) is 4.10. The van der Waals surface area contributed by atoms with Crippen LogP contribution in [0.5, 0.6) is 5.75 Å². The number of methoxy groups -OCH3 is 1. The Bertz CT molecular complexity index is 526. The van der Waals surface area contributed by atoms with E-state index < -0.39 is 28.2 Å². The number of hydrogen-bond donors (Lipinski definition) is 1. The van der Waals surface area contributed by atoms with Crippen molar-refractivity contribution in [3.8, 4) is 5.75 Å². The van der Waals surface area contributed by atoms with Gasteiger partial charge in [0.1, 0.15) is 5.75 Å². The molecule has 0 aromatic heterocycles. The van der Waals surface area contributed by atoms with E-state index in [2.05, 4.69) is 0 Å². The van der Waals surface area contributed by atoms with E-state index in [-0.39, 0.29) is 16.3 Å². The number of nitrogen functional groups attached to an aromatic ring is 1. The maximum atomic E-state index is 12.0. The highest BCUT2D eigenvalue weighted by atomic mass is 32.2. The molecule has 0 atom stereocenters. The minimum atomic E-state index is -4.51. The summed E-state index contributed by atoms with van der Waals surface area (Å²) >= 11 is 0. The maximum Gasteiger partial charge on any atom is 0.390 e. The van der Waals surface area contributed by atoms with E-state index in [1.54, 1.807) is 0 Å². The Morgan fingerprint density at radius 3 is 2.44 bits per heavy atom. The summed E-state index contributed by atoms with van der Waals surface area (Å²) in [6, 6.07) is 3.55. The SMILES string of the molecule is COc1cc(S(=O)(=O)CCC(F)(F)F)ccc1N. The van der Waals surface area contributed by atoms with Gasteiger partial charge in [-0.05, 0) is 12.1 Å². The van der Waals surface area contributed by atoms with Crippen LogP contribution in [0.15, 0.2) is 23.1 Å². The molecule has 0 radical (unpaired) electrons. The average Bonchev–Trinajstić information content (AvgIpc) is 2.26. The molecule has 0 aliphatic heterocycles. The van der Waals surface area contributed by atoms with E-state index in [0.29, 0.717) is 0 Å². The average molecular weight is 283 g/mol. The second-order valence-electron chi connectivity index (χ2n) is 3.59. The number of anilines is 1. The second kappa shape index (κ2) is 5.05. The highest BCUT2D eigenvalue weighted by Crippen LogP contribution is 2.27. The second-order valence-corrected chi connectivity index (χ2v) is 5.70. The summed E-state index contributed by atoms with van der Waals surface area (Å²) in [6.45, 7) is 0. The molecule has 102 valence electrons. The molecule has 18 heavy (non-hydrogen) atoms. The van der Waals surface area contributed by atoms with Crippen LogP contribution in [0.2, 0.25) is 0 Å². The first-order chi connectivity index (χ1) is 8.15. The fourth-order valence-electron chi connectivity index (χ4n) is 1.25. The molecule has 8 heteroatoms. The van der Waals surface area contributed by atoms with Crippen LogP contribution < -0.4 is 10.5 Å². The van der Waals surface area contributed by atoms with E-state index in [1.807, 2.05) is 0 Å². The lowest BCUT2D eigenvalue weighted by atomic mass is 10.3. The van der Waals surface area contributed by atoms with Gasteiger partial charge in [-0.3, -0.25) is 0 Å². The van der Waals surface area contributed by atoms with Gasteiger partial charge in [0.05, 0.1) is 29.9 Å². The van der Waals surface area contributed by atoms with Crippen LogP contribution in [0, 0.1) is 0 Å². The van der Waals surface area contributed by atoms with Crippen molar-refractivity contribution in [3.63, 3.8) is 0 Å². The summed E-state index contributed by atoms with van der Waals surface area (Å²) in [5.41, 5.74) is 5.70. The van der Waals surface area contributed by atoms with Crippen LogP contribution in [0.25, 0.3) is 0 Å². The summed E-state index contributed by atoms with van der Waals surface area (Å²) in [7, 11) is -2.71. The lowest BCUT2D eigenvalue weighted by Gasteiger charge is -2.09. The smallest absolute Gasteiger partial charge is 0.390 e. The van der Waals surface area contributed by atoms with Crippen molar-refractivity contribution in [2.24, 2.45) is 0 Å². The number of ether oxygens (including phenoxy) is 1. The molecular formula is C10H12F3NO3S. The van der Waals surface area contributed by atoms with E-state index in [4.69, 9.17) is 10.5 Å². The van der Waals surface area contributed by atoms with Crippen LogP contribution in [0.4, 0.5) is 18.9 Å². The van der Waals surface area contributed by atoms with Crippen LogP contribution in [0.1, 0.15) is 6.42 Å². The monoisotopic (exact) mass is 283 g/mol. The number of alkyl halides is 3. The molecule has 0 unspecified atom stereocenters. The van der Waals surface area contributed by atoms with Gasteiger partial charge in [-0.25, -0.2) is 8.42 Å². The summed E-state index contributed by atoms with van der Waals surface area (Å²) in [5, 5.41) is 0. The molecule has 2 N–H and O–H groups in total. The van der Waals surface area contributed by atoms with E-state index >= 15 is 0 Å². The lowest BCUT2D eigenvalue weighted by Crippen LogP contribution is -2.16. The molecule has 4 nitrogen and oxygen atoms in total. The Hall–Kier alpha value is -1.44. The van der Waals surface area contributed by atoms with E-state index in [1.165, 1.54) is 13.2 Å². The molecular weight excluding hydrogens is 271 g/mol. The Balaban J connectivity index is 2.99. The van der Waals surface area contributed by atoms with Crippen molar-refractivity contribution in [1.82, 2.24) is 0 Å². The standard InChI is InChI=1S/C10H12F3NO3S/c1-17-9-6-7(2-3-8(9)14)18(15,16)5-4-10(11,12)13/h2-3,6H,4-5,14H2,1H3.